The molecular formula is C17H19FN2O5. The number of para-hydroxylation sites is 1. The molecule has 0 unspecified atom stereocenters. The van der Waals surface area contributed by atoms with Crippen molar-refractivity contribution in [3.63, 3.8) is 0 Å². The fraction of sp³-hybridized carbons (Fsp3) is 0.412. The van der Waals surface area contributed by atoms with Crippen molar-refractivity contribution in [2.45, 2.75) is 32.8 Å². The van der Waals surface area contributed by atoms with Gasteiger partial charge in [0.2, 0.25) is 5.82 Å². The van der Waals surface area contributed by atoms with E-state index in [0.29, 0.717) is 13.0 Å². The van der Waals surface area contributed by atoms with Crippen LogP contribution in [0.2, 0.25) is 0 Å². The van der Waals surface area contributed by atoms with Gasteiger partial charge in [0.1, 0.15) is 11.2 Å². The maximum absolute atomic E-state index is 13.7. The molecule has 1 aromatic rings. The second-order valence-electron chi connectivity index (χ2n) is 6.64. The van der Waals surface area contributed by atoms with E-state index in [-0.39, 0.29) is 17.7 Å². The van der Waals surface area contributed by atoms with Crippen LogP contribution < -0.4 is 0 Å². The molecule has 0 fully saturated rings. The van der Waals surface area contributed by atoms with Gasteiger partial charge < -0.3 is 9.64 Å². The number of nitrogens with zero attached hydrogens (tertiary/aromatic N) is 2. The van der Waals surface area contributed by atoms with Crippen LogP contribution in [0.1, 0.15) is 37.6 Å². The van der Waals surface area contributed by atoms with Crippen LogP contribution >= 0.6 is 0 Å². The molecule has 0 atom stereocenters. The van der Waals surface area contributed by atoms with Gasteiger partial charge >= 0.3 is 11.8 Å². The van der Waals surface area contributed by atoms with E-state index < -0.39 is 33.9 Å². The molecule has 8 heteroatoms. The quantitative estimate of drug-likeness (QED) is 0.473. The van der Waals surface area contributed by atoms with Gasteiger partial charge in [-0.15, -0.1) is 0 Å². The van der Waals surface area contributed by atoms with Crippen LogP contribution in [0.25, 0.3) is 0 Å². The van der Waals surface area contributed by atoms with E-state index in [1.54, 1.807) is 26.8 Å². The molecule has 0 spiro atoms. The van der Waals surface area contributed by atoms with Crippen LogP contribution in [-0.4, -0.2) is 40.4 Å². The molecule has 1 aliphatic heterocycles. The summed E-state index contributed by atoms with van der Waals surface area (Å²) >= 11 is 0. The fourth-order valence-electron chi connectivity index (χ4n) is 2.45. The molecule has 1 aliphatic rings. The number of carbonyl (C=O) groups excluding carboxylic acids is 2. The number of carbonyl (C=O) groups is 2. The standard InChI is InChI=1S/C17H19FN2O5/c1-17(2,3)25-16(22)19-9-5-6-11(10-19)15(21)12-7-4-8-13(18)14(12)20(23)24/h4,6-8H,5,9-10H2,1-3H3. The first-order valence-electron chi connectivity index (χ1n) is 7.74. The zero-order chi connectivity index (χ0) is 18.8. The van der Waals surface area contributed by atoms with E-state index in [4.69, 9.17) is 4.74 Å². The van der Waals surface area contributed by atoms with Crippen LogP contribution in [0, 0.1) is 15.9 Å². The molecule has 0 saturated carbocycles. The second-order valence-corrected chi connectivity index (χ2v) is 6.64. The molecule has 134 valence electrons. The second kappa shape index (κ2) is 7.00. The molecule has 1 heterocycles. The van der Waals surface area contributed by atoms with Gasteiger partial charge in [-0.2, -0.15) is 4.39 Å². The minimum Gasteiger partial charge on any atom is -0.444 e. The zero-order valence-electron chi connectivity index (χ0n) is 14.2. The first-order chi connectivity index (χ1) is 11.6. The molecule has 2 rings (SSSR count). The Hall–Kier alpha value is -2.77. The Balaban J connectivity index is 2.24. The average molecular weight is 350 g/mol. The lowest BCUT2D eigenvalue weighted by Crippen LogP contribution is -2.41. The number of rotatable bonds is 3. The number of nitro groups is 1. The molecular weight excluding hydrogens is 331 g/mol. The first-order valence-corrected chi connectivity index (χ1v) is 7.74. The molecule has 25 heavy (non-hydrogen) atoms. The minimum absolute atomic E-state index is 0.0403. The van der Waals surface area contributed by atoms with Crippen molar-refractivity contribution < 1.29 is 23.6 Å². The highest BCUT2D eigenvalue weighted by molar-refractivity contribution is 6.11. The lowest BCUT2D eigenvalue weighted by Gasteiger charge is -2.29. The third-order valence-electron chi connectivity index (χ3n) is 3.51. The maximum atomic E-state index is 13.7. The third-order valence-corrected chi connectivity index (χ3v) is 3.51. The Labute approximate surface area is 144 Å². The molecule has 1 amide bonds. The van der Waals surface area contributed by atoms with Gasteiger partial charge in [-0.25, -0.2) is 4.79 Å². The Morgan fingerprint density at radius 3 is 2.60 bits per heavy atom. The van der Waals surface area contributed by atoms with Crippen LogP contribution in [-0.2, 0) is 4.74 Å². The van der Waals surface area contributed by atoms with Gasteiger partial charge in [-0.05, 0) is 39.3 Å². The van der Waals surface area contributed by atoms with Crippen molar-refractivity contribution >= 4 is 17.6 Å². The number of Topliss-reactive ketones (excluding diaryl/α,β-unsaturated/α-hetero) is 1. The third kappa shape index (κ3) is 4.40. The Morgan fingerprint density at radius 2 is 2.00 bits per heavy atom. The SMILES string of the molecule is CC(C)(C)OC(=O)N1CCC=C(C(=O)c2cccc(F)c2[N+](=O)[O-])C1. The number of ether oxygens (including phenoxy) is 1. The highest BCUT2D eigenvalue weighted by Crippen LogP contribution is 2.26. The van der Waals surface area contributed by atoms with Gasteiger partial charge in [-0.1, -0.05) is 12.1 Å². The van der Waals surface area contributed by atoms with Crippen LogP contribution in [0.15, 0.2) is 29.8 Å². The van der Waals surface area contributed by atoms with Gasteiger partial charge in [-0.3, -0.25) is 14.9 Å². The minimum atomic E-state index is -1.07. The topological polar surface area (TPSA) is 89.8 Å². The van der Waals surface area contributed by atoms with E-state index in [9.17, 15) is 24.1 Å². The maximum Gasteiger partial charge on any atom is 0.410 e. The summed E-state index contributed by atoms with van der Waals surface area (Å²) in [4.78, 5) is 36.3. The zero-order valence-corrected chi connectivity index (χ0v) is 14.2. The predicted octanol–water partition coefficient (Wildman–Crippen LogP) is 3.48. The Morgan fingerprint density at radius 1 is 1.32 bits per heavy atom. The van der Waals surface area contributed by atoms with Crippen molar-refractivity contribution in [3.8, 4) is 0 Å². The molecule has 0 aromatic heterocycles. The smallest absolute Gasteiger partial charge is 0.410 e. The normalized spacial score (nSPS) is 14.7. The molecule has 0 N–H and O–H groups in total. The number of halogens is 1. The van der Waals surface area contributed by atoms with Crippen LogP contribution in [0.5, 0.6) is 0 Å². The van der Waals surface area contributed by atoms with Crippen molar-refractivity contribution in [3.05, 3.63) is 51.3 Å². The van der Waals surface area contributed by atoms with Gasteiger partial charge in [0.15, 0.2) is 5.78 Å². The summed E-state index contributed by atoms with van der Waals surface area (Å²) in [5.41, 5.74) is -1.67. The summed E-state index contributed by atoms with van der Waals surface area (Å²) in [5, 5.41) is 11.1. The van der Waals surface area contributed by atoms with Crippen molar-refractivity contribution in [1.29, 1.82) is 0 Å². The number of nitro benzene ring substituents is 1. The number of amides is 1. The summed E-state index contributed by atoms with van der Waals surface area (Å²) in [6.45, 7) is 5.52. The molecule has 0 bridgehead atoms. The molecule has 0 aliphatic carbocycles. The summed E-state index contributed by atoms with van der Waals surface area (Å²) in [7, 11) is 0. The Kier molecular flexibility index (Phi) is 5.20. The van der Waals surface area contributed by atoms with Gasteiger partial charge in [0.25, 0.3) is 0 Å². The van der Waals surface area contributed by atoms with Crippen molar-refractivity contribution in [2.24, 2.45) is 0 Å². The van der Waals surface area contributed by atoms with Crippen LogP contribution in [0.4, 0.5) is 14.9 Å². The summed E-state index contributed by atoms with van der Waals surface area (Å²) in [5.74, 6) is -1.74. The average Bonchev–Trinajstić information content (AvgIpc) is 2.52. The number of benzene rings is 1. The van der Waals surface area contributed by atoms with E-state index in [1.807, 2.05) is 0 Å². The molecule has 7 nitrogen and oxygen atoms in total. The number of hydrogen-bond acceptors (Lipinski definition) is 5. The molecule has 0 radical (unpaired) electrons. The summed E-state index contributed by atoms with van der Waals surface area (Å²) in [6, 6.07) is 3.37. The van der Waals surface area contributed by atoms with E-state index in [1.165, 1.54) is 17.0 Å². The summed E-state index contributed by atoms with van der Waals surface area (Å²) in [6.07, 6.45) is 1.45. The molecule has 1 aromatic carbocycles. The van der Waals surface area contributed by atoms with Crippen molar-refractivity contribution in [1.82, 2.24) is 4.90 Å². The highest BCUT2D eigenvalue weighted by Gasteiger charge is 2.30. The predicted molar refractivity (Wildman–Crippen MR) is 87.9 cm³/mol. The van der Waals surface area contributed by atoms with Gasteiger partial charge in [0.05, 0.1) is 11.5 Å². The first kappa shape index (κ1) is 18.6. The monoisotopic (exact) mass is 350 g/mol. The largest absolute Gasteiger partial charge is 0.444 e. The van der Waals surface area contributed by atoms with Gasteiger partial charge in [0, 0.05) is 12.1 Å². The Bertz CT molecular complexity index is 752. The van der Waals surface area contributed by atoms with E-state index in [0.717, 1.165) is 6.07 Å². The number of ketones is 1. The van der Waals surface area contributed by atoms with E-state index in [2.05, 4.69) is 0 Å². The molecule has 0 saturated heterocycles. The highest BCUT2D eigenvalue weighted by atomic mass is 19.1. The van der Waals surface area contributed by atoms with Crippen molar-refractivity contribution in [2.75, 3.05) is 13.1 Å². The fourth-order valence-corrected chi connectivity index (χ4v) is 2.45. The summed E-state index contributed by atoms with van der Waals surface area (Å²) < 4.78 is 19.0. The van der Waals surface area contributed by atoms with Crippen LogP contribution in [0.3, 0.4) is 0 Å². The van der Waals surface area contributed by atoms with E-state index >= 15 is 0 Å². The lowest BCUT2D eigenvalue weighted by molar-refractivity contribution is -0.387. The lowest BCUT2D eigenvalue weighted by atomic mass is 9.98. The number of hydrogen-bond donors (Lipinski definition) is 0.